The molecule has 0 fully saturated rings. The highest BCUT2D eigenvalue weighted by molar-refractivity contribution is 5.85. The summed E-state index contributed by atoms with van der Waals surface area (Å²) in [5, 5.41) is 12.7. The quantitative estimate of drug-likeness (QED) is 0.0528. The Morgan fingerprint density at radius 1 is 0.403 bits per heavy atom. The molecule has 1 atom stereocenters. The normalized spacial score (nSPS) is 11.4. The maximum Gasteiger partial charge on any atom is 0.222 e. The number of unbranched alkanes of at least 4 members (excludes halogenated alkanes) is 3. The molecule has 364 valence electrons. The largest absolute Gasteiger partial charge is 0.400 e. The highest BCUT2D eigenvalue weighted by atomic mass is 16.6. The molecular weight excluding hydrogens is 816 g/mol. The van der Waals surface area contributed by atoms with Crippen LogP contribution in [0.3, 0.4) is 0 Å². The second-order valence-electron chi connectivity index (χ2n) is 13.9. The number of nitrogens with two attached hydrogens (primary N) is 2. The van der Waals surface area contributed by atoms with Gasteiger partial charge in [0, 0.05) is 71.1 Å². The highest BCUT2D eigenvalue weighted by Gasteiger charge is 2.13. The predicted molar refractivity (Wildman–Crippen MR) is 229 cm³/mol. The van der Waals surface area contributed by atoms with E-state index in [1.54, 1.807) is 0 Å². The van der Waals surface area contributed by atoms with Gasteiger partial charge in [0.15, 0.2) is 0 Å². The van der Waals surface area contributed by atoms with Gasteiger partial charge in [-0.15, -0.1) is 0 Å². The third-order valence-corrected chi connectivity index (χ3v) is 8.58. The van der Waals surface area contributed by atoms with Crippen LogP contribution in [0, 0.1) is 5.92 Å². The smallest absolute Gasteiger partial charge is 0.222 e. The first kappa shape index (κ1) is 60.9. The maximum absolute atomic E-state index is 11.9. The van der Waals surface area contributed by atoms with Gasteiger partial charge in [-0.2, -0.15) is 0 Å². The number of ether oxygens (including phenoxy) is 9. The van der Waals surface area contributed by atoms with Crippen LogP contribution >= 0.6 is 0 Å². The Hall–Kier alpha value is -3.18. The van der Waals surface area contributed by atoms with Crippen molar-refractivity contribution in [2.24, 2.45) is 17.4 Å². The number of ketones is 2. The standard InChI is InChI=1S/C41H76N4O15.CH4O/c1-35(37(47)10-12-39(43)49)7-4-6-16-45-41(51)14-18-53-20-22-55-24-26-57-28-30-59-32-34-60-33-31-58-29-27-56-25-23-54-21-19-52-17-13-40(50)44-15-5-2-3-8-36(46)9-11-38(42)48;1-2/h35H,2-34H2,1H3,(H2,42,48)(H2,43,49)(H,44,50)(H,45,51);2H,1H3. The molecule has 20 nitrogen and oxygen atoms in total. The second-order valence-corrected chi connectivity index (χ2v) is 13.9. The van der Waals surface area contributed by atoms with Crippen molar-refractivity contribution < 1.29 is 76.5 Å². The van der Waals surface area contributed by atoms with Crippen LogP contribution in [0.5, 0.6) is 0 Å². The topological polar surface area (TPSA) is 282 Å². The molecule has 1 unspecified atom stereocenters. The van der Waals surface area contributed by atoms with Gasteiger partial charge in [-0.25, -0.2) is 0 Å². The summed E-state index contributed by atoms with van der Waals surface area (Å²) in [5.41, 5.74) is 10.1. The lowest BCUT2D eigenvalue weighted by Gasteiger charge is -2.10. The van der Waals surface area contributed by atoms with Crippen molar-refractivity contribution in [1.82, 2.24) is 10.6 Å². The molecule has 0 aliphatic heterocycles. The first-order valence-corrected chi connectivity index (χ1v) is 21.9. The first-order chi connectivity index (χ1) is 30.1. The van der Waals surface area contributed by atoms with Gasteiger partial charge >= 0.3 is 0 Å². The first-order valence-electron chi connectivity index (χ1n) is 21.9. The molecule has 0 saturated carbocycles. The number of aliphatic hydroxyl groups is 1. The molecular formula is C42H80N4O16. The number of Topliss-reactive ketones (excluding diaryl/α,β-unsaturated/α-hetero) is 2. The maximum atomic E-state index is 11.9. The third-order valence-electron chi connectivity index (χ3n) is 8.58. The summed E-state index contributed by atoms with van der Waals surface area (Å²) in [6.45, 7) is 10.5. The van der Waals surface area contributed by atoms with Crippen molar-refractivity contribution in [3.8, 4) is 0 Å². The molecule has 0 aromatic heterocycles. The molecule has 0 aromatic rings. The van der Waals surface area contributed by atoms with E-state index in [1.165, 1.54) is 0 Å². The fourth-order valence-corrected chi connectivity index (χ4v) is 5.06. The van der Waals surface area contributed by atoms with E-state index in [0.717, 1.165) is 45.6 Å². The average molecular weight is 897 g/mol. The zero-order valence-electron chi connectivity index (χ0n) is 37.6. The lowest BCUT2D eigenvalue weighted by atomic mass is 9.96. The van der Waals surface area contributed by atoms with E-state index in [4.69, 9.17) is 59.2 Å². The van der Waals surface area contributed by atoms with Crippen LogP contribution in [0.25, 0.3) is 0 Å². The second kappa shape index (κ2) is 48.8. The van der Waals surface area contributed by atoms with Crippen LogP contribution in [0.1, 0.15) is 90.4 Å². The van der Waals surface area contributed by atoms with Gasteiger partial charge in [0.05, 0.1) is 119 Å². The molecule has 4 amide bonds. The summed E-state index contributed by atoms with van der Waals surface area (Å²) < 4.78 is 49.2. The van der Waals surface area contributed by atoms with Crippen molar-refractivity contribution in [2.45, 2.75) is 90.4 Å². The van der Waals surface area contributed by atoms with Crippen molar-refractivity contribution >= 4 is 35.2 Å². The summed E-state index contributed by atoms with van der Waals surface area (Å²) in [5.74, 6) is -1.12. The number of nitrogens with one attached hydrogen (secondary N) is 2. The summed E-state index contributed by atoms with van der Waals surface area (Å²) >= 11 is 0. The van der Waals surface area contributed by atoms with Crippen LogP contribution in [0.2, 0.25) is 0 Å². The molecule has 0 radical (unpaired) electrons. The Balaban J connectivity index is 0. The fraction of sp³-hybridized carbons (Fsp3) is 0.857. The third kappa shape index (κ3) is 49.5. The van der Waals surface area contributed by atoms with Crippen LogP contribution in [0.4, 0.5) is 0 Å². The minimum atomic E-state index is -0.466. The van der Waals surface area contributed by atoms with Gasteiger partial charge in [-0.3, -0.25) is 28.8 Å². The molecule has 0 heterocycles. The van der Waals surface area contributed by atoms with Crippen molar-refractivity contribution in [1.29, 1.82) is 0 Å². The molecule has 0 bridgehead atoms. The summed E-state index contributed by atoms with van der Waals surface area (Å²) in [4.78, 5) is 68.8. The average Bonchev–Trinajstić information content (AvgIpc) is 3.25. The van der Waals surface area contributed by atoms with E-state index in [1.807, 2.05) is 6.92 Å². The van der Waals surface area contributed by atoms with Crippen molar-refractivity contribution in [2.75, 3.05) is 139 Å². The lowest BCUT2D eigenvalue weighted by Crippen LogP contribution is -2.26. The Morgan fingerprint density at radius 2 is 0.726 bits per heavy atom. The number of carbonyl (C=O) groups excluding carboxylic acids is 6. The molecule has 62 heavy (non-hydrogen) atoms. The zero-order valence-corrected chi connectivity index (χ0v) is 37.6. The molecule has 0 aliphatic rings. The lowest BCUT2D eigenvalue weighted by molar-refractivity contribution is -0.126. The summed E-state index contributed by atoms with van der Waals surface area (Å²) in [6, 6.07) is 0. The monoisotopic (exact) mass is 897 g/mol. The van der Waals surface area contributed by atoms with E-state index >= 15 is 0 Å². The molecule has 0 saturated heterocycles. The molecule has 20 heteroatoms. The Bertz CT molecular complexity index is 1100. The van der Waals surface area contributed by atoms with Crippen LogP contribution in [-0.2, 0) is 71.4 Å². The zero-order chi connectivity index (χ0) is 46.2. The fourth-order valence-electron chi connectivity index (χ4n) is 5.06. The van der Waals surface area contributed by atoms with Crippen molar-refractivity contribution in [3.63, 3.8) is 0 Å². The van der Waals surface area contributed by atoms with E-state index in [0.29, 0.717) is 138 Å². The van der Waals surface area contributed by atoms with Crippen LogP contribution in [0.15, 0.2) is 0 Å². The van der Waals surface area contributed by atoms with Gasteiger partial charge < -0.3 is 69.8 Å². The Morgan fingerprint density at radius 3 is 1.08 bits per heavy atom. The number of hydrogen-bond acceptors (Lipinski definition) is 16. The Kier molecular flexibility index (Phi) is 48.0. The number of carbonyl (C=O) groups is 6. The van der Waals surface area contributed by atoms with E-state index in [-0.39, 0.29) is 67.8 Å². The SMILES string of the molecule is CC(CCCCNC(=O)CCOCCOCCOCCOCCOCCOCCOCCOCCOCCC(=O)NCCCCCC(=O)CCC(N)=O)C(=O)CCC(N)=O.CO. The van der Waals surface area contributed by atoms with Gasteiger partial charge in [-0.05, 0) is 25.7 Å². The number of amides is 4. The molecule has 7 N–H and O–H groups in total. The molecule has 0 aliphatic carbocycles. The van der Waals surface area contributed by atoms with E-state index in [9.17, 15) is 28.8 Å². The summed E-state index contributed by atoms with van der Waals surface area (Å²) in [6.07, 6.45) is 6.20. The summed E-state index contributed by atoms with van der Waals surface area (Å²) in [7, 11) is 1.00. The van der Waals surface area contributed by atoms with Gasteiger partial charge in [0.25, 0.3) is 0 Å². The minimum Gasteiger partial charge on any atom is -0.400 e. The number of rotatable bonds is 48. The highest BCUT2D eigenvalue weighted by Crippen LogP contribution is 2.12. The number of primary amides is 2. The number of aliphatic hydroxyl groups excluding tert-OH is 1. The predicted octanol–water partition coefficient (Wildman–Crippen LogP) is 0.793. The minimum absolute atomic E-state index is 0.0405. The van der Waals surface area contributed by atoms with Crippen LogP contribution < -0.4 is 22.1 Å². The Labute approximate surface area is 368 Å². The van der Waals surface area contributed by atoms with E-state index in [2.05, 4.69) is 10.6 Å². The van der Waals surface area contributed by atoms with Crippen LogP contribution in [-0.4, -0.2) is 179 Å². The van der Waals surface area contributed by atoms with Gasteiger partial charge in [-0.1, -0.05) is 19.8 Å². The van der Waals surface area contributed by atoms with Gasteiger partial charge in [0.1, 0.15) is 11.6 Å². The molecule has 0 rings (SSSR count). The van der Waals surface area contributed by atoms with E-state index < -0.39 is 11.8 Å². The van der Waals surface area contributed by atoms with Crippen molar-refractivity contribution in [3.05, 3.63) is 0 Å². The molecule has 0 aromatic carbocycles. The van der Waals surface area contributed by atoms with Gasteiger partial charge in [0.2, 0.25) is 23.6 Å². The molecule has 0 spiro atoms. The number of hydrogen-bond donors (Lipinski definition) is 5.